The molecular formula is C4H4GdO4. The van der Waals surface area contributed by atoms with Gasteiger partial charge in [0.25, 0.3) is 0 Å². The number of carboxylic acid groups (broad SMARTS) is 2. The van der Waals surface area contributed by atoms with Crippen LogP contribution in [-0.4, -0.2) is 22.2 Å². The van der Waals surface area contributed by atoms with Crippen LogP contribution in [0.2, 0.25) is 0 Å². The Labute approximate surface area is 83.2 Å². The predicted molar refractivity (Wildman–Crippen MR) is 24.4 cm³/mol. The Kier molecular flexibility index (Phi) is 8.01. The zero-order valence-electron chi connectivity index (χ0n) is 4.22. The fraction of sp³-hybridized carbons (Fsp3) is 0. The van der Waals surface area contributed by atoms with Gasteiger partial charge >= 0.3 is 11.9 Å². The smallest absolute Gasteiger partial charge is 0.328 e. The number of carboxylic acids is 2. The predicted octanol–water partition coefficient (Wildman–Crippen LogP) is -0.288. The third kappa shape index (κ3) is 11.5. The summed E-state index contributed by atoms with van der Waals surface area (Å²) < 4.78 is 0. The van der Waals surface area contributed by atoms with Crippen molar-refractivity contribution in [2.45, 2.75) is 0 Å². The zero-order chi connectivity index (χ0) is 6.57. The van der Waals surface area contributed by atoms with Crippen molar-refractivity contribution < 1.29 is 59.7 Å². The first-order valence-electron chi connectivity index (χ1n) is 1.77. The molecule has 0 aromatic heterocycles. The summed E-state index contributed by atoms with van der Waals surface area (Å²) in [5.41, 5.74) is 0. The molecule has 0 fully saturated rings. The van der Waals surface area contributed by atoms with Crippen molar-refractivity contribution in [2.75, 3.05) is 0 Å². The molecule has 0 unspecified atom stereocenters. The maximum absolute atomic E-state index is 9.55. The quantitative estimate of drug-likeness (QED) is 0.678. The standard InChI is InChI=1S/C4H4O4.Gd/c5-3(6)1-2-4(7)8;/h1-2H,(H,5,6)(H,7,8);/b2-1+;. The second-order valence-electron chi connectivity index (χ2n) is 1.01. The van der Waals surface area contributed by atoms with Gasteiger partial charge in [0.1, 0.15) is 0 Å². The van der Waals surface area contributed by atoms with Crippen molar-refractivity contribution in [3.63, 3.8) is 0 Å². The van der Waals surface area contributed by atoms with Gasteiger partial charge in [0.15, 0.2) is 0 Å². The van der Waals surface area contributed by atoms with Crippen LogP contribution < -0.4 is 0 Å². The van der Waals surface area contributed by atoms with Crippen LogP contribution in [-0.2, 0) is 9.59 Å². The van der Waals surface area contributed by atoms with Crippen molar-refractivity contribution >= 4 is 11.9 Å². The minimum absolute atomic E-state index is 0. The fourth-order valence-corrected chi connectivity index (χ4v) is 0.143. The first-order valence-corrected chi connectivity index (χ1v) is 1.77. The zero-order valence-corrected chi connectivity index (χ0v) is 6.49. The normalized spacial score (nSPS) is 8.44. The molecule has 0 aliphatic carbocycles. The van der Waals surface area contributed by atoms with E-state index in [4.69, 9.17) is 10.2 Å². The number of hydrogen-bond acceptors (Lipinski definition) is 2. The van der Waals surface area contributed by atoms with E-state index in [9.17, 15) is 9.59 Å². The average molecular weight is 273 g/mol. The van der Waals surface area contributed by atoms with Crippen molar-refractivity contribution in [3.05, 3.63) is 12.2 Å². The molecule has 0 saturated heterocycles. The molecule has 4 nitrogen and oxygen atoms in total. The summed E-state index contributed by atoms with van der Waals surface area (Å²) in [4.78, 5) is 19.1. The maximum Gasteiger partial charge on any atom is 0.328 e. The molecule has 0 aliphatic rings. The van der Waals surface area contributed by atoms with Crippen LogP contribution in [0.1, 0.15) is 0 Å². The second kappa shape index (κ2) is 6.13. The van der Waals surface area contributed by atoms with Crippen LogP contribution in [0.4, 0.5) is 0 Å². The Morgan fingerprint density at radius 1 is 1.00 bits per heavy atom. The summed E-state index contributed by atoms with van der Waals surface area (Å²) in [5.74, 6) is -2.51. The third-order valence-electron chi connectivity index (χ3n) is 0.368. The van der Waals surface area contributed by atoms with E-state index in [1.807, 2.05) is 0 Å². The van der Waals surface area contributed by atoms with E-state index in [0.29, 0.717) is 12.2 Å². The van der Waals surface area contributed by atoms with Gasteiger partial charge in [-0.1, -0.05) is 0 Å². The number of carbonyl (C=O) groups is 2. The molecule has 0 aromatic rings. The molecule has 52 valence electrons. The topological polar surface area (TPSA) is 74.6 Å². The molecular weight excluding hydrogens is 269 g/mol. The van der Waals surface area contributed by atoms with E-state index in [1.54, 1.807) is 0 Å². The van der Waals surface area contributed by atoms with Gasteiger partial charge < -0.3 is 10.2 Å². The minimum atomic E-state index is -1.26. The van der Waals surface area contributed by atoms with Crippen LogP contribution in [0.15, 0.2) is 12.2 Å². The molecule has 0 aromatic carbocycles. The maximum atomic E-state index is 9.55. The number of hydrogen-bond donors (Lipinski definition) is 2. The Balaban J connectivity index is 0. The van der Waals surface area contributed by atoms with Gasteiger partial charge in [0.2, 0.25) is 0 Å². The van der Waals surface area contributed by atoms with Crippen molar-refractivity contribution in [1.82, 2.24) is 0 Å². The molecule has 0 atom stereocenters. The minimum Gasteiger partial charge on any atom is -0.478 e. The molecule has 0 rings (SSSR count). The summed E-state index contributed by atoms with van der Waals surface area (Å²) in [5, 5.41) is 15.6. The Bertz CT molecular complexity index is 124. The number of rotatable bonds is 2. The summed E-state index contributed by atoms with van der Waals surface area (Å²) in [6.07, 6.45) is 1.12. The summed E-state index contributed by atoms with van der Waals surface area (Å²) in [6, 6.07) is 0. The van der Waals surface area contributed by atoms with Gasteiger partial charge in [-0.05, 0) is 0 Å². The Morgan fingerprint density at radius 3 is 1.33 bits per heavy atom. The van der Waals surface area contributed by atoms with Gasteiger partial charge in [0, 0.05) is 52.1 Å². The van der Waals surface area contributed by atoms with E-state index in [-0.39, 0.29) is 39.9 Å². The van der Waals surface area contributed by atoms with Crippen LogP contribution in [0.5, 0.6) is 0 Å². The van der Waals surface area contributed by atoms with E-state index in [0.717, 1.165) is 0 Å². The van der Waals surface area contributed by atoms with Crippen LogP contribution in [0.3, 0.4) is 0 Å². The molecule has 9 heavy (non-hydrogen) atoms. The summed E-state index contributed by atoms with van der Waals surface area (Å²) in [7, 11) is 0. The van der Waals surface area contributed by atoms with E-state index >= 15 is 0 Å². The van der Waals surface area contributed by atoms with Gasteiger partial charge in [-0.15, -0.1) is 0 Å². The summed E-state index contributed by atoms with van der Waals surface area (Å²) in [6.45, 7) is 0. The van der Waals surface area contributed by atoms with Crippen LogP contribution >= 0.6 is 0 Å². The first-order chi connectivity index (χ1) is 3.63. The first kappa shape index (κ1) is 11.8. The molecule has 5 heteroatoms. The van der Waals surface area contributed by atoms with Crippen molar-refractivity contribution in [2.24, 2.45) is 0 Å². The van der Waals surface area contributed by atoms with E-state index < -0.39 is 11.9 Å². The Hall–Kier alpha value is 0.00468. The molecule has 0 aliphatic heterocycles. The van der Waals surface area contributed by atoms with Crippen LogP contribution in [0, 0.1) is 39.9 Å². The van der Waals surface area contributed by atoms with E-state index in [2.05, 4.69) is 0 Å². The van der Waals surface area contributed by atoms with Crippen LogP contribution in [0.25, 0.3) is 0 Å². The van der Waals surface area contributed by atoms with Gasteiger partial charge in [-0.2, -0.15) is 0 Å². The molecule has 0 radical (unpaired) electrons. The number of aliphatic carboxylic acids is 2. The van der Waals surface area contributed by atoms with Crippen molar-refractivity contribution in [3.8, 4) is 0 Å². The molecule has 0 bridgehead atoms. The van der Waals surface area contributed by atoms with Gasteiger partial charge in [0.05, 0.1) is 0 Å². The van der Waals surface area contributed by atoms with E-state index in [1.165, 1.54) is 0 Å². The molecule has 2 N–H and O–H groups in total. The SMILES string of the molecule is O=C(O)/C=C/C(=O)O.[Gd]. The molecule has 0 saturated carbocycles. The monoisotopic (exact) mass is 274 g/mol. The fourth-order valence-electron chi connectivity index (χ4n) is 0.143. The van der Waals surface area contributed by atoms with Crippen molar-refractivity contribution in [1.29, 1.82) is 0 Å². The Morgan fingerprint density at radius 2 is 1.22 bits per heavy atom. The summed E-state index contributed by atoms with van der Waals surface area (Å²) >= 11 is 0. The van der Waals surface area contributed by atoms with Gasteiger partial charge in [-0.25, -0.2) is 9.59 Å². The third-order valence-corrected chi connectivity index (χ3v) is 0.368. The molecule has 0 amide bonds. The van der Waals surface area contributed by atoms with Gasteiger partial charge in [-0.3, -0.25) is 0 Å². The molecule has 0 spiro atoms. The largest absolute Gasteiger partial charge is 0.478 e. The average Bonchev–Trinajstić information content (AvgIpc) is 1.61. The molecule has 0 heterocycles. The second-order valence-corrected chi connectivity index (χ2v) is 1.01.